The molecule has 7 heteroatoms. The molecular formula is C13H14N6O. The molecule has 102 valence electrons. The van der Waals surface area contributed by atoms with Crippen molar-refractivity contribution in [3.05, 3.63) is 23.8 Å². The van der Waals surface area contributed by atoms with Crippen LogP contribution in [0.3, 0.4) is 0 Å². The van der Waals surface area contributed by atoms with Crippen LogP contribution in [-0.2, 0) is 4.74 Å². The lowest BCUT2D eigenvalue weighted by molar-refractivity contribution is 0.122. The normalized spacial score (nSPS) is 16.1. The van der Waals surface area contributed by atoms with Crippen molar-refractivity contribution in [1.29, 1.82) is 0 Å². The third kappa shape index (κ3) is 1.70. The molecule has 4 rings (SSSR count). The van der Waals surface area contributed by atoms with Crippen LogP contribution < -0.4 is 4.90 Å². The van der Waals surface area contributed by atoms with Crippen molar-refractivity contribution in [2.75, 3.05) is 31.2 Å². The van der Waals surface area contributed by atoms with E-state index in [0.717, 1.165) is 35.5 Å². The molecule has 2 aromatic heterocycles. The quantitative estimate of drug-likeness (QED) is 0.652. The van der Waals surface area contributed by atoms with E-state index in [1.165, 1.54) is 0 Å². The first-order valence-corrected chi connectivity index (χ1v) is 6.64. The van der Waals surface area contributed by atoms with Gasteiger partial charge in [0.25, 0.3) is 0 Å². The fourth-order valence-electron chi connectivity index (χ4n) is 2.54. The number of hydrogen-bond acceptors (Lipinski definition) is 6. The average molecular weight is 270 g/mol. The highest BCUT2D eigenvalue weighted by Crippen LogP contribution is 2.23. The predicted molar refractivity (Wildman–Crippen MR) is 73.9 cm³/mol. The SMILES string of the molecule is Cc1ccc2nc(N3CCOCC3)c3nnnn3c2c1. The van der Waals surface area contributed by atoms with Gasteiger partial charge in [-0.3, -0.25) is 0 Å². The molecule has 3 heterocycles. The predicted octanol–water partition coefficient (Wildman–Crippen LogP) is 0.818. The third-order valence-electron chi connectivity index (χ3n) is 3.57. The van der Waals surface area contributed by atoms with Crippen molar-refractivity contribution >= 4 is 22.5 Å². The van der Waals surface area contributed by atoms with Crippen LogP contribution in [0.25, 0.3) is 16.7 Å². The number of rotatable bonds is 1. The summed E-state index contributed by atoms with van der Waals surface area (Å²) in [7, 11) is 0. The number of morpholine rings is 1. The highest BCUT2D eigenvalue weighted by molar-refractivity contribution is 5.82. The molecule has 0 bridgehead atoms. The van der Waals surface area contributed by atoms with Gasteiger partial charge in [0, 0.05) is 13.1 Å². The Bertz CT molecular complexity index is 777. The van der Waals surface area contributed by atoms with Gasteiger partial charge < -0.3 is 9.64 Å². The number of aryl methyl sites for hydroxylation is 1. The van der Waals surface area contributed by atoms with Gasteiger partial charge in [-0.15, -0.1) is 5.10 Å². The Morgan fingerprint density at radius 3 is 2.90 bits per heavy atom. The first-order chi connectivity index (χ1) is 9.83. The molecule has 0 aliphatic carbocycles. The summed E-state index contributed by atoms with van der Waals surface area (Å²) in [6, 6.07) is 6.11. The Balaban J connectivity index is 1.99. The molecule has 0 atom stereocenters. The van der Waals surface area contributed by atoms with E-state index in [1.807, 2.05) is 13.0 Å². The van der Waals surface area contributed by atoms with E-state index in [0.29, 0.717) is 18.9 Å². The van der Waals surface area contributed by atoms with Crippen molar-refractivity contribution in [3.8, 4) is 0 Å². The number of tetrazole rings is 1. The summed E-state index contributed by atoms with van der Waals surface area (Å²) in [4.78, 5) is 6.92. The highest BCUT2D eigenvalue weighted by Gasteiger charge is 2.19. The molecule has 0 unspecified atom stereocenters. The van der Waals surface area contributed by atoms with Crippen molar-refractivity contribution in [1.82, 2.24) is 25.0 Å². The lowest BCUT2D eigenvalue weighted by Gasteiger charge is -2.27. The van der Waals surface area contributed by atoms with E-state index in [9.17, 15) is 0 Å². The molecule has 20 heavy (non-hydrogen) atoms. The number of hydrogen-bond donors (Lipinski definition) is 0. The number of aromatic nitrogens is 5. The van der Waals surface area contributed by atoms with E-state index in [-0.39, 0.29) is 0 Å². The van der Waals surface area contributed by atoms with Crippen molar-refractivity contribution in [2.45, 2.75) is 6.92 Å². The Labute approximate surface area is 115 Å². The van der Waals surface area contributed by atoms with Crippen LogP contribution in [-0.4, -0.2) is 51.3 Å². The summed E-state index contributed by atoms with van der Waals surface area (Å²) in [6.07, 6.45) is 0. The second kappa shape index (κ2) is 4.38. The minimum atomic E-state index is 0.699. The summed E-state index contributed by atoms with van der Waals surface area (Å²) < 4.78 is 7.15. The number of ether oxygens (including phenoxy) is 1. The van der Waals surface area contributed by atoms with Gasteiger partial charge in [-0.1, -0.05) is 6.07 Å². The summed E-state index contributed by atoms with van der Waals surface area (Å²) in [5, 5.41) is 12.0. The molecule has 0 saturated carbocycles. The molecule has 0 N–H and O–H groups in total. The van der Waals surface area contributed by atoms with Crippen LogP contribution in [0.1, 0.15) is 5.56 Å². The van der Waals surface area contributed by atoms with Gasteiger partial charge in [0.2, 0.25) is 5.65 Å². The fourth-order valence-corrected chi connectivity index (χ4v) is 2.54. The standard InChI is InChI=1S/C13H14N6O/c1-9-2-3-10-11(8-9)19-13(15-16-17-19)12(14-10)18-4-6-20-7-5-18/h2-3,8H,4-7H2,1H3. The van der Waals surface area contributed by atoms with Crippen LogP contribution >= 0.6 is 0 Å². The molecule has 0 amide bonds. The van der Waals surface area contributed by atoms with Gasteiger partial charge in [-0.2, -0.15) is 4.52 Å². The number of fused-ring (bicyclic) bond motifs is 3. The molecule has 1 aromatic carbocycles. The van der Waals surface area contributed by atoms with Gasteiger partial charge in [0.05, 0.1) is 24.2 Å². The maximum absolute atomic E-state index is 5.39. The smallest absolute Gasteiger partial charge is 0.222 e. The maximum atomic E-state index is 5.39. The summed E-state index contributed by atoms with van der Waals surface area (Å²) in [6.45, 7) is 5.09. The van der Waals surface area contributed by atoms with E-state index >= 15 is 0 Å². The summed E-state index contributed by atoms with van der Waals surface area (Å²) >= 11 is 0. The number of anilines is 1. The van der Waals surface area contributed by atoms with Crippen LogP contribution in [0.4, 0.5) is 5.82 Å². The lowest BCUT2D eigenvalue weighted by Crippen LogP contribution is -2.37. The van der Waals surface area contributed by atoms with Crippen LogP contribution in [0.5, 0.6) is 0 Å². The Morgan fingerprint density at radius 2 is 2.05 bits per heavy atom. The fraction of sp³-hybridized carbons (Fsp3) is 0.385. The van der Waals surface area contributed by atoms with E-state index in [2.05, 4.69) is 32.6 Å². The lowest BCUT2D eigenvalue weighted by atomic mass is 10.2. The van der Waals surface area contributed by atoms with Gasteiger partial charge in [0.1, 0.15) is 0 Å². The number of benzene rings is 1. The molecule has 7 nitrogen and oxygen atoms in total. The second-order valence-corrected chi connectivity index (χ2v) is 4.94. The van der Waals surface area contributed by atoms with Gasteiger partial charge in [-0.25, -0.2) is 4.98 Å². The van der Waals surface area contributed by atoms with Crippen LogP contribution in [0.2, 0.25) is 0 Å². The van der Waals surface area contributed by atoms with Crippen LogP contribution in [0.15, 0.2) is 18.2 Å². The Morgan fingerprint density at radius 1 is 1.20 bits per heavy atom. The maximum Gasteiger partial charge on any atom is 0.222 e. The molecule has 1 saturated heterocycles. The number of nitrogens with zero attached hydrogens (tertiary/aromatic N) is 6. The van der Waals surface area contributed by atoms with E-state index in [1.54, 1.807) is 4.52 Å². The van der Waals surface area contributed by atoms with Crippen molar-refractivity contribution in [3.63, 3.8) is 0 Å². The second-order valence-electron chi connectivity index (χ2n) is 4.94. The molecule has 1 fully saturated rings. The van der Waals surface area contributed by atoms with E-state index in [4.69, 9.17) is 9.72 Å². The molecule has 1 aliphatic rings. The minimum Gasteiger partial charge on any atom is -0.378 e. The molecule has 0 radical (unpaired) electrons. The van der Waals surface area contributed by atoms with Gasteiger partial charge in [0.15, 0.2) is 5.82 Å². The largest absolute Gasteiger partial charge is 0.378 e. The average Bonchev–Trinajstić information content (AvgIpc) is 2.97. The molecule has 0 spiro atoms. The van der Waals surface area contributed by atoms with Crippen molar-refractivity contribution in [2.24, 2.45) is 0 Å². The Kier molecular flexibility index (Phi) is 2.53. The third-order valence-corrected chi connectivity index (χ3v) is 3.57. The zero-order valence-electron chi connectivity index (χ0n) is 11.2. The Hall–Kier alpha value is -2.28. The van der Waals surface area contributed by atoms with Crippen molar-refractivity contribution < 1.29 is 4.74 Å². The van der Waals surface area contributed by atoms with E-state index < -0.39 is 0 Å². The zero-order valence-corrected chi connectivity index (χ0v) is 11.2. The highest BCUT2D eigenvalue weighted by atomic mass is 16.5. The summed E-state index contributed by atoms with van der Waals surface area (Å²) in [5.41, 5.74) is 3.69. The molecular weight excluding hydrogens is 256 g/mol. The monoisotopic (exact) mass is 270 g/mol. The minimum absolute atomic E-state index is 0.699. The van der Waals surface area contributed by atoms with Crippen LogP contribution in [0, 0.1) is 6.92 Å². The summed E-state index contributed by atoms with van der Waals surface area (Å²) in [5.74, 6) is 0.828. The topological polar surface area (TPSA) is 68.4 Å². The van der Waals surface area contributed by atoms with Gasteiger partial charge in [-0.05, 0) is 35.0 Å². The first-order valence-electron chi connectivity index (χ1n) is 6.64. The first kappa shape index (κ1) is 11.5. The zero-order chi connectivity index (χ0) is 13.5. The molecule has 1 aliphatic heterocycles. The van der Waals surface area contributed by atoms with Gasteiger partial charge >= 0.3 is 0 Å². The molecule has 3 aromatic rings.